The third kappa shape index (κ3) is 2.96. The van der Waals surface area contributed by atoms with Crippen LogP contribution in [0.3, 0.4) is 0 Å². The minimum absolute atomic E-state index is 0.266. The molecule has 2 heterocycles. The zero-order valence-corrected chi connectivity index (χ0v) is 15.7. The average Bonchev–Trinajstić information content (AvgIpc) is 3.08. The number of aryl methyl sites for hydroxylation is 1. The lowest BCUT2D eigenvalue weighted by atomic mass is 9.91. The predicted octanol–water partition coefficient (Wildman–Crippen LogP) is 5.62. The Kier molecular flexibility index (Phi) is 4.06. The van der Waals surface area contributed by atoms with Crippen LogP contribution in [0.5, 0.6) is 0 Å². The van der Waals surface area contributed by atoms with E-state index in [0.717, 1.165) is 19.5 Å². The number of nitrogens with one attached hydrogen (secondary N) is 1. The third-order valence-corrected chi connectivity index (χ3v) is 5.76. The molecule has 0 aliphatic carbocycles. The minimum atomic E-state index is 0.266. The fourth-order valence-electron chi connectivity index (χ4n) is 4.41. The van der Waals surface area contributed by atoms with Crippen molar-refractivity contribution in [3.05, 3.63) is 107 Å². The summed E-state index contributed by atoms with van der Waals surface area (Å²) in [6.45, 7) is 4.19. The van der Waals surface area contributed by atoms with Crippen LogP contribution in [0.15, 0.2) is 78.9 Å². The van der Waals surface area contributed by atoms with Crippen LogP contribution in [0.4, 0.5) is 0 Å². The molecule has 1 N–H and O–H groups in total. The molecule has 134 valence electrons. The molecule has 1 unspecified atom stereocenters. The van der Waals surface area contributed by atoms with Crippen molar-refractivity contribution in [2.45, 2.75) is 25.9 Å². The van der Waals surface area contributed by atoms with Crippen molar-refractivity contribution in [3.63, 3.8) is 0 Å². The molecule has 1 aliphatic rings. The van der Waals surface area contributed by atoms with Crippen LogP contribution in [-0.2, 0) is 13.0 Å². The van der Waals surface area contributed by atoms with Gasteiger partial charge >= 0.3 is 0 Å². The molecule has 27 heavy (non-hydrogen) atoms. The quantitative estimate of drug-likeness (QED) is 0.507. The highest BCUT2D eigenvalue weighted by Gasteiger charge is 2.31. The normalized spacial score (nSPS) is 17.1. The molecular weight excluding hydrogens is 328 g/mol. The summed E-state index contributed by atoms with van der Waals surface area (Å²) in [7, 11) is 0. The van der Waals surface area contributed by atoms with Gasteiger partial charge in [-0.1, -0.05) is 78.4 Å². The summed E-state index contributed by atoms with van der Waals surface area (Å²) >= 11 is 0. The van der Waals surface area contributed by atoms with Gasteiger partial charge in [-0.15, -0.1) is 0 Å². The van der Waals surface area contributed by atoms with E-state index in [9.17, 15) is 0 Å². The molecule has 0 saturated carbocycles. The fourth-order valence-corrected chi connectivity index (χ4v) is 4.41. The van der Waals surface area contributed by atoms with Crippen LogP contribution >= 0.6 is 0 Å². The molecule has 0 amide bonds. The molecule has 3 aromatic carbocycles. The zero-order valence-electron chi connectivity index (χ0n) is 15.7. The first-order valence-electron chi connectivity index (χ1n) is 9.73. The van der Waals surface area contributed by atoms with Crippen molar-refractivity contribution >= 4 is 10.9 Å². The van der Waals surface area contributed by atoms with Crippen molar-refractivity contribution in [1.82, 2.24) is 9.88 Å². The average molecular weight is 352 g/mol. The molecule has 4 aromatic rings. The molecular formula is C25H24N2. The molecule has 1 aliphatic heterocycles. The summed E-state index contributed by atoms with van der Waals surface area (Å²) < 4.78 is 0. The van der Waals surface area contributed by atoms with E-state index in [1.54, 1.807) is 0 Å². The summed E-state index contributed by atoms with van der Waals surface area (Å²) in [6.07, 6.45) is 1.09. The number of rotatable bonds is 3. The van der Waals surface area contributed by atoms with Crippen LogP contribution in [-0.4, -0.2) is 16.4 Å². The number of fused-ring (bicyclic) bond motifs is 3. The second-order valence-electron chi connectivity index (χ2n) is 7.58. The zero-order chi connectivity index (χ0) is 18.2. The van der Waals surface area contributed by atoms with Crippen molar-refractivity contribution in [3.8, 4) is 0 Å². The number of hydrogen-bond acceptors (Lipinski definition) is 1. The second-order valence-corrected chi connectivity index (χ2v) is 7.58. The Balaban J connectivity index is 1.62. The van der Waals surface area contributed by atoms with E-state index in [1.807, 2.05) is 0 Å². The van der Waals surface area contributed by atoms with E-state index in [4.69, 9.17) is 0 Å². The largest absolute Gasteiger partial charge is 0.357 e. The number of aromatic nitrogens is 1. The lowest BCUT2D eigenvalue weighted by molar-refractivity contribution is 0.202. The highest BCUT2D eigenvalue weighted by atomic mass is 15.2. The fraction of sp³-hybridized carbons (Fsp3) is 0.200. The number of aromatic amines is 1. The first-order valence-corrected chi connectivity index (χ1v) is 9.73. The maximum Gasteiger partial charge on any atom is 0.0760 e. The van der Waals surface area contributed by atoms with E-state index in [0.29, 0.717) is 0 Å². The Labute approximate surface area is 160 Å². The van der Waals surface area contributed by atoms with E-state index in [1.165, 1.54) is 38.9 Å². The Hall–Kier alpha value is -2.84. The Morgan fingerprint density at radius 1 is 0.889 bits per heavy atom. The highest BCUT2D eigenvalue weighted by Crippen LogP contribution is 2.39. The summed E-state index contributed by atoms with van der Waals surface area (Å²) in [6, 6.07) is 28.8. The second kappa shape index (κ2) is 6.71. The molecule has 0 spiro atoms. The standard InChI is InChI=1S/C25H24N2/c1-18-11-13-20(14-12-18)25-24-22(21-9-5-6-10-23(21)26-24)15-16-27(25)17-19-7-3-2-4-8-19/h2-14,25-26H,15-17H2,1H3. The van der Waals surface area contributed by atoms with Crippen LogP contribution in [0.25, 0.3) is 10.9 Å². The summed E-state index contributed by atoms with van der Waals surface area (Å²) in [5.74, 6) is 0. The molecule has 0 fully saturated rings. The van der Waals surface area contributed by atoms with Crippen LogP contribution in [0, 0.1) is 6.92 Å². The van der Waals surface area contributed by atoms with Gasteiger partial charge in [0.15, 0.2) is 0 Å². The molecule has 1 atom stereocenters. The van der Waals surface area contributed by atoms with Gasteiger partial charge in [0.25, 0.3) is 0 Å². The monoisotopic (exact) mass is 352 g/mol. The van der Waals surface area contributed by atoms with E-state index >= 15 is 0 Å². The lowest BCUT2D eigenvalue weighted by Gasteiger charge is -2.36. The smallest absolute Gasteiger partial charge is 0.0760 e. The van der Waals surface area contributed by atoms with Crippen LogP contribution < -0.4 is 0 Å². The number of nitrogens with zero attached hydrogens (tertiary/aromatic N) is 1. The first kappa shape index (κ1) is 16.3. The van der Waals surface area contributed by atoms with Crippen molar-refractivity contribution in [1.29, 1.82) is 0 Å². The number of para-hydroxylation sites is 1. The van der Waals surface area contributed by atoms with E-state index in [-0.39, 0.29) is 6.04 Å². The summed E-state index contributed by atoms with van der Waals surface area (Å²) in [5.41, 5.74) is 8.14. The number of benzene rings is 3. The van der Waals surface area contributed by atoms with Gasteiger partial charge < -0.3 is 4.98 Å². The van der Waals surface area contributed by atoms with Gasteiger partial charge in [-0.25, -0.2) is 0 Å². The van der Waals surface area contributed by atoms with Gasteiger partial charge in [-0.2, -0.15) is 0 Å². The Morgan fingerprint density at radius 3 is 2.44 bits per heavy atom. The first-order chi connectivity index (χ1) is 13.3. The van der Waals surface area contributed by atoms with Crippen molar-refractivity contribution in [2.24, 2.45) is 0 Å². The topological polar surface area (TPSA) is 19.0 Å². The van der Waals surface area contributed by atoms with Gasteiger partial charge in [-0.3, -0.25) is 4.90 Å². The minimum Gasteiger partial charge on any atom is -0.357 e. The molecule has 2 heteroatoms. The third-order valence-electron chi connectivity index (χ3n) is 5.76. The summed E-state index contributed by atoms with van der Waals surface area (Å²) in [4.78, 5) is 6.36. The van der Waals surface area contributed by atoms with Gasteiger partial charge in [-0.05, 0) is 36.1 Å². The summed E-state index contributed by atoms with van der Waals surface area (Å²) in [5, 5.41) is 1.38. The van der Waals surface area contributed by atoms with Gasteiger partial charge in [0.05, 0.1) is 6.04 Å². The molecule has 2 nitrogen and oxygen atoms in total. The number of H-pyrrole nitrogens is 1. The maximum absolute atomic E-state index is 3.75. The van der Waals surface area contributed by atoms with E-state index < -0.39 is 0 Å². The molecule has 0 saturated heterocycles. The molecule has 0 bridgehead atoms. The van der Waals surface area contributed by atoms with Crippen molar-refractivity contribution < 1.29 is 0 Å². The Morgan fingerprint density at radius 2 is 1.63 bits per heavy atom. The van der Waals surface area contributed by atoms with Gasteiger partial charge in [0.1, 0.15) is 0 Å². The number of hydrogen-bond donors (Lipinski definition) is 1. The van der Waals surface area contributed by atoms with Crippen LogP contribution in [0.1, 0.15) is 34.0 Å². The van der Waals surface area contributed by atoms with Gasteiger partial charge in [0, 0.05) is 29.7 Å². The van der Waals surface area contributed by atoms with Gasteiger partial charge in [0.2, 0.25) is 0 Å². The Bertz CT molecular complexity index is 1060. The molecule has 0 radical (unpaired) electrons. The molecule has 5 rings (SSSR count). The highest BCUT2D eigenvalue weighted by molar-refractivity contribution is 5.85. The SMILES string of the molecule is Cc1ccc(C2c3[nH]c4ccccc4c3CCN2Cc2ccccc2)cc1. The predicted molar refractivity (Wildman–Crippen MR) is 112 cm³/mol. The maximum atomic E-state index is 3.75. The lowest BCUT2D eigenvalue weighted by Crippen LogP contribution is -2.35. The van der Waals surface area contributed by atoms with E-state index in [2.05, 4.69) is 95.7 Å². The molecule has 1 aromatic heterocycles. The van der Waals surface area contributed by atoms with Crippen molar-refractivity contribution in [2.75, 3.05) is 6.54 Å². The van der Waals surface area contributed by atoms with Crippen LogP contribution in [0.2, 0.25) is 0 Å².